The van der Waals surface area contributed by atoms with Crippen LogP contribution in [0.2, 0.25) is 0 Å². The van der Waals surface area contributed by atoms with Gasteiger partial charge in [-0.3, -0.25) is 0 Å². The number of nitrogens with one attached hydrogen (secondary N) is 4. The Balaban J connectivity index is 0.000000186. The van der Waals surface area contributed by atoms with Crippen molar-refractivity contribution in [3.8, 4) is 0 Å². The Morgan fingerprint density at radius 3 is 1.29 bits per heavy atom. The van der Waals surface area contributed by atoms with Crippen LogP contribution in [0.15, 0.2) is 86.4 Å². The van der Waals surface area contributed by atoms with E-state index in [2.05, 4.69) is 50.5 Å². The van der Waals surface area contributed by atoms with Gasteiger partial charge in [0.15, 0.2) is 25.0 Å². The van der Waals surface area contributed by atoms with E-state index in [1.807, 2.05) is 12.2 Å². The first-order valence-corrected chi connectivity index (χ1v) is 26.0. The molecule has 336 valence electrons. The third-order valence-electron chi connectivity index (χ3n) is 11.0. The van der Waals surface area contributed by atoms with Crippen molar-refractivity contribution in [3.63, 3.8) is 0 Å². The smallest absolute Gasteiger partial charge is 0.242 e. The second-order valence-electron chi connectivity index (χ2n) is 15.6. The maximum absolute atomic E-state index is 13.2. The summed E-state index contributed by atoms with van der Waals surface area (Å²) in [5, 5.41) is 32.8. The van der Waals surface area contributed by atoms with Crippen molar-refractivity contribution in [1.82, 2.24) is 20.1 Å². The largest absolute Gasteiger partial charge is 0.324 e. The molecule has 12 N–H and O–H groups in total. The van der Waals surface area contributed by atoms with Crippen molar-refractivity contribution in [2.45, 2.75) is 95.1 Å². The standard InChI is InChI=1S/2C18H25N7O4S2/c2*19-12-3-1-2-11(8-12)14-4-5-15(31(28,29)25-13-6-7-21-9-13)17(30(20,26)27)16(14)18-22-10-23-24-18/h2*4-5,8,12-13,21,25H,1-3,6-7,9-10,19H2,(H2,20,26,27)/t12-,13+;12-,13-/m01/s1. The highest BCUT2D eigenvalue weighted by atomic mass is 32.2. The maximum atomic E-state index is 13.2. The molecular weight excluding hydrogens is 885 g/mol. The third kappa shape index (κ3) is 10.3. The molecule has 0 aromatic heterocycles. The second-order valence-corrected chi connectivity index (χ2v) is 21.9. The first kappa shape index (κ1) is 45.9. The minimum absolute atomic E-state index is 0.0281. The van der Waals surface area contributed by atoms with Crippen molar-refractivity contribution in [1.29, 1.82) is 0 Å². The van der Waals surface area contributed by atoms with Gasteiger partial charge >= 0.3 is 0 Å². The highest BCUT2D eigenvalue weighted by molar-refractivity contribution is 7.93. The van der Waals surface area contributed by atoms with E-state index in [0.29, 0.717) is 63.0 Å². The number of azo groups is 2. The number of aliphatic imine (C=N–C) groups is 2. The quantitative estimate of drug-likeness (QED) is 0.140. The fourth-order valence-electron chi connectivity index (χ4n) is 8.24. The van der Waals surface area contributed by atoms with Gasteiger partial charge in [0.05, 0.1) is 0 Å². The zero-order chi connectivity index (χ0) is 44.5. The SMILES string of the molecule is N[C@@H]1C=C(c2ccc(S(=O)(=O)N[C@@H]3CCNC3)c(S(N)(=O)=O)c2C2=NCN=N2)CCC1.N[C@H]1C=C(c2ccc(S(=O)(=O)N[C@@H]3CCNC3)c(S(N)(=O)=O)c2C2=NCN=N2)CCC1. The number of nitrogens with two attached hydrogens (primary N) is 4. The minimum Gasteiger partial charge on any atom is -0.324 e. The van der Waals surface area contributed by atoms with Crippen LogP contribution in [0.5, 0.6) is 0 Å². The highest BCUT2D eigenvalue weighted by Crippen LogP contribution is 2.38. The molecule has 0 bridgehead atoms. The average molecular weight is 935 g/mol. The van der Waals surface area contributed by atoms with E-state index in [4.69, 9.17) is 21.7 Å². The fraction of sp³-hybridized carbons (Fsp3) is 0.500. The van der Waals surface area contributed by atoms with Crippen LogP contribution in [0.3, 0.4) is 0 Å². The van der Waals surface area contributed by atoms with Gasteiger partial charge < -0.3 is 22.1 Å². The van der Waals surface area contributed by atoms with Crippen LogP contribution in [-0.2, 0) is 40.1 Å². The monoisotopic (exact) mass is 934 g/mol. The van der Waals surface area contributed by atoms with E-state index < -0.39 is 59.7 Å². The van der Waals surface area contributed by atoms with E-state index in [0.717, 1.165) is 36.8 Å². The molecule has 2 aromatic carbocycles. The van der Waals surface area contributed by atoms with Gasteiger partial charge in [0, 0.05) is 48.4 Å². The molecule has 8 rings (SSSR count). The van der Waals surface area contributed by atoms with Crippen LogP contribution in [0.4, 0.5) is 0 Å². The van der Waals surface area contributed by atoms with Crippen molar-refractivity contribution >= 4 is 62.9 Å². The van der Waals surface area contributed by atoms with Gasteiger partial charge in [-0.25, -0.2) is 63.4 Å². The summed E-state index contributed by atoms with van der Waals surface area (Å²) in [5.74, 6) is 0.0808. The molecule has 0 spiro atoms. The summed E-state index contributed by atoms with van der Waals surface area (Å²) < 4.78 is 109. The summed E-state index contributed by atoms with van der Waals surface area (Å²) >= 11 is 0. The minimum atomic E-state index is -4.47. The number of allylic oxidation sites excluding steroid dienone is 2. The number of amidine groups is 2. The van der Waals surface area contributed by atoms with E-state index in [1.165, 1.54) is 12.1 Å². The van der Waals surface area contributed by atoms with Gasteiger partial charge in [-0.1, -0.05) is 24.3 Å². The normalized spacial score (nSPS) is 24.3. The Morgan fingerprint density at radius 2 is 0.984 bits per heavy atom. The molecule has 0 saturated carbocycles. The molecule has 0 radical (unpaired) electrons. The van der Waals surface area contributed by atoms with Gasteiger partial charge in [-0.15, -0.1) is 10.2 Å². The summed E-state index contributed by atoms with van der Waals surface area (Å²) in [7, 11) is -17.3. The molecule has 22 nitrogen and oxygen atoms in total. The van der Waals surface area contributed by atoms with E-state index in [9.17, 15) is 33.7 Å². The van der Waals surface area contributed by atoms with E-state index in [-0.39, 0.29) is 60.3 Å². The predicted molar refractivity (Wildman–Crippen MR) is 231 cm³/mol. The number of sulfonamides is 4. The second kappa shape index (κ2) is 18.6. The summed E-state index contributed by atoms with van der Waals surface area (Å²) in [6, 6.07) is 4.65. The zero-order valence-electron chi connectivity index (χ0n) is 33.6. The Hall–Kier alpha value is -4.06. The Kier molecular flexibility index (Phi) is 13.8. The number of primary sulfonamides is 2. The molecular formula is C36H50N14O8S4. The van der Waals surface area contributed by atoms with Gasteiger partial charge in [0.25, 0.3) is 0 Å². The van der Waals surface area contributed by atoms with Crippen LogP contribution in [0, 0.1) is 0 Å². The molecule has 62 heavy (non-hydrogen) atoms. The lowest BCUT2D eigenvalue weighted by molar-refractivity contribution is 0.554. The van der Waals surface area contributed by atoms with Crippen molar-refractivity contribution in [2.75, 3.05) is 39.5 Å². The molecule has 26 heteroatoms. The number of nitrogens with zero attached hydrogens (tertiary/aromatic N) is 6. The lowest BCUT2D eigenvalue weighted by Gasteiger charge is -2.22. The average Bonchev–Trinajstić information content (AvgIpc) is 4.06. The molecule has 6 aliphatic rings. The maximum Gasteiger partial charge on any atom is 0.242 e. The van der Waals surface area contributed by atoms with Crippen molar-refractivity contribution < 1.29 is 33.7 Å². The first-order valence-electron chi connectivity index (χ1n) is 20.0. The lowest BCUT2D eigenvalue weighted by atomic mass is 9.88. The topological polar surface area (TPSA) is 363 Å². The van der Waals surface area contributed by atoms with Crippen molar-refractivity contribution in [2.24, 2.45) is 52.2 Å². The van der Waals surface area contributed by atoms with Gasteiger partial charge in [0.1, 0.15) is 19.6 Å². The first-order chi connectivity index (χ1) is 29.3. The number of benzene rings is 2. The summed E-state index contributed by atoms with van der Waals surface area (Å²) in [4.78, 5) is 6.42. The highest BCUT2D eigenvalue weighted by Gasteiger charge is 2.36. The number of rotatable bonds is 12. The molecule has 2 aliphatic carbocycles. The van der Waals surface area contributed by atoms with Crippen LogP contribution >= 0.6 is 0 Å². The molecule has 0 amide bonds. The fourth-order valence-corrected chi connectivity index (χ4v) is 14.0. The van der Waals surface area contributed by atoms with Crippen LogP contribution in [0.1, 0.15) is 73.6 Å². The third-order valence-corrected chi connectivity index (χ3v) is 16.4. The summed E-state index contributed by atoms with van der Waals surface area (Å²) in [5.41, 5.74) is 14.9. The number of hydrogen-bond acceptors (Lipinski definition) is 18. The van der Waals surface area contributed by atoms with Crippen LogP contribution < -0.4 is 41.8 Å². The molecule has 4 heterocycles. The molecule has 0 unspecified atom stereocenters. The molecule has 4 atom stereocenters. The van der Waals surface area contributed by atoms with Gasteiger partial charge in [-0.2, -0.15) is 10.2 Å². The molecule has 2 fully saturated rings. The zero-order valence-corrected chi connectivity index (χ0v) is 36.8. The predicted octanol–water partition coefficient (Wildman–Crippen LogP) is 0.0774. The van der Waals surface area contributed by atoms with E-state index in [1.54, 1.807) is 12.1 Å². The molecule has 2 aromatic rings. The molecule has 4 aliphatic heterocycles. The van der Waals surface area contributed by atoms with E-state index >= 15 is 0 Å². The summed E-state index contributed by atoms with van der Waals surface area (Å²) in [6.07, 6.45) is 9.50. The Labute approximate surface area is 360 Å². The van der Waals surface area contributed by atoms with Crippen LogP contribution in [-0.4, -0.2) is 109 Å². The molecule has 2 saturated heterocycles. The van der Waals surface area contributed by atoms with Gasteiger partial charge in [0.2, 0.25) is 40.1 Å². The lowest BCUT2D eigenvalue weighted by Crippen LogP contribution is -2.37. The van der Waals surface area contributed by atoms with Gasteiger partial charge in [-0.05, 0) is 98.9 Å². The van der Waals surface area contributed by atoms with Crippen LogP contribution in [0.25, 0.3) is 11.1 Å². The Morgan fingerprint density at radius 1 is 0.581 bits per heavy atom. The van der Waals surface area contributed by atoms with Crippen molar-refractivity contribution in [3.05, 3.63) is 58.7 Å². The Bertz CT molecular complexity index is 2550. The number of hydrogen-bond donors (Lipinski definition) is 8. The summed E-state index contributed by atoms with van der Waals surface area (Å²) in [6.45, 7) is 2.32.